The van der Waals surface area contributed by atoms with E-state index in [0.29, 0.717) is 31.1 Å². The molecule has 2 aromatic rings. The Hall–Kier alpha value is -5.49. The molecule has 0 radical (unpaired) electrons. The van der Waals surface area contributed by atoms with Gasteiger partial charge < -0.3 is 39.8 Å². The molecule has 2 aliphatic rings. The van der Waals surface area contributed by atoms with Crippen molar-refractivity contribution in [3.8, 4) is 11.8 Å². The molecule has 1 atom stereocenters. The Labute approximate surface area is 336 Å². The van der Waals surface area contributed by atoms with Gasteiger partial charge in [0.25, 0.3) is 21.9 Å². The number of hydrogen-bond acceptors (Lipinski definition) is 12. The number of imide groups is 1. The van der Waals surface area contributed by atoms with Crippen molar-refractivity contribution in [1.82, 2.24) is 20.9 Å². The fourth-order valence-electron chi connectivity index (χ4n) is 5.52. The number of amides is 6. The third kappa shape index (κ3) is 15.1. The molecule has 58 heavy (non-hydrogen) atoms. The van der Waals surface area contributed by atoms with Crippen molar-refractivity contribution in [3.05, 3.63) is 77.4 Å². The van der Waals surface area contributed by atoms with E-state index >= 15 is 0 Å². The molecular weight excluding hydrogens is 779 g/mol. The quantitative estimate of drug-likeness (QED) is 0.0436. The lowest BCUT2D eigenvalue weighted by Crippen LogP contribution is -2.47. The first-order valence-corrected chi connectivity index (χ1v) is 20.1. The Kier molecular flexibility index (Phi) is 18.5. The van der Waals surface area contributed by atoms with Gasteiger partial charge in [-0.25, -0.2) is 0 Å². The minimum atomic E-state index is -4.91. The first kappa shape index (κ1) is 45.2. The number of ether oxygens (including phenoxy) is 4. The molecule has 2 aromatic carbocycles. The molecule has 0 aliphatic carbocycles. The van der Waals surface area contributed by atoms with Crippen LogP contribution in [0.1, 0.15) is 36.0 Å². The summed E-state index contributed by atoms with van der Waals surface area (Å²) in [7, 11) is -4.91. The Morgan fingerprint density at radius 1 is 0.690 bits per heavy atom. The van der Waals surface area contributed by atoms with E-state index in [4.69, 9.17) is 18.9 Å². The highest BCUT2D eigenvalue weighted by molar-refractivity contribution is 7.87. The maximum atomic E-state index is 13.4. The molecule has 0 saturated carbocycles. The molecule has 4 rings (SSSR count). The Morgan fingerprint density at radius 3 is 1.93 bits per heavy atom. The van der Waals surface area contributed by atoms with Gasteiger partial charge in [0.2, 0.25) is 23.6 Å². The molecule has 0 spiro atoms. The van der Waals surface area contributed by atoms with Crippen LogP contribution in [0.4, 0.5) is 5.69 Å². The Morgan fingerprint density at radius 2 is 1.26 bits per heavy atom. The minimum absolute atomic E-state index is 0.00210. The van der Waals surface area contributed by atoms with Gasteiger partial charge in [-0.05, 0) is 23.8 Å². The topological polar surface area (TPSA) is 236 Å². The second-order valence-corrected chi connectivity index (χ2v) is 14.3. The lowest BCUT2D eigenvalue weighted by Gasteiger charge is -2.26. The van der Waals surface area contributed by atoms with E-state index in [0.717, 1.165) is 28.2 Å². The SMILES string of the molecule is O=C(CCN1C(=O)C=CC1=O)NCCOCCOCCOCCOCCC(=O)NCC(C(=O)NCCC(=O)N1Cc2ccccc2C#Cc2ccccc21)S(=O)(=O)O. The van der Waals surface area contributed by atoms with E-state index in [9.17, 15) is 41.7 Å². The van der Waals surface area contributed by atoms with Crippen LogP contribution in [0.5, 0.6) is 0 Å². The number of carbonyl (C=O) groups is 6. The van der Waals surface area contributed by atoms with Crippen molar-refractivity contribution in [1.29, 1.82) is 0 Å². The van der Waals surface area contributed by atoms with Gasteiger partial charge in [-0.15, -0.1) is 0 Å². The van der Waals surface area contributed by atoms with Crippen molar-refractivity contribution in [3.63, 3.8) is 0 Å². The zero-order valence-electron chi connectivity index (χ0n) is 31.8. The van der Waals surface area contributed by atoms with E-state index < -0.39 is 45.5 Å². The molecule has 18 nitrogen and oxygen atoms in total. The van der Waals surface area contributed by atoms with Gasteiger partial charge in [0.05, 0.1) is 65.1 Å². The van der Waals surface area contributed by atoms with Gasteiger partial charge in [0, 0.05) is 68.7 Å². The number of rotatable bonds is 25. The van der Waals surface area contributed by atoms with Gasteiger partial charge in [-0.3, -0.25) is 38.2 Å². The van der Waals surface area contributed by atoms with Crippen molar-refractivity contribution < 1.29 is 60.7 Å². The van der Waals surface area contributed by atoms with Gasteiger partial charge in [0.15, 0.2) is 5.25 Å². The summed E-state index contributed by atoms with van der Waals surface area (Å²) in [5, 5.41) is 5.34. The second-order valence-electron chi connectivity index (χ2n) is 12.7. The maximum Gasteiger partial charge on any atom is 0.278 e. The number of nitrogens with zero attached hydrogens (tertiary/aromatic N) is 2. The van der Waals surface area contributed by atoms with E-state index in [1.165, 1.54) is 0 Å². The highest BCUT2D eigenvalue weighted by Crippen LogP contribution is 2.25. The number of anilines is 1. The third-order valence-electron chi connectivity index (χ3n) is 8.57. The van der Waals surface area contributed by atoms with Crippen molar-refractivity contribution >= 4 is 51.2 Å². The van der Waals surface area contributed by atoms with E-state index in [1.807, 2.05) is 30.3 Å². The van der Waals surface area contributed by atoms with Crippen LogP contribution in [0.15, 0.2) is 60.7 Å². The largest absolute Gasteiger partial charge is 0.379 e. The van der Waals surface area contributed by atoms with Gasteiger partial charge in [-0.2, -0.15) is 8.42 Å². The Bertz CT molecular complexity index is 1960. The number of carbonyl (C=O) groups excluding carboxylic acids is 6. The van der Waals surface area contributed by atoms with Gasteiger partial charge in [-0.1, -0.05) is 42.2 Å². The predicted octanol–water partition coefficient (Wildman–Crippen LogP) is -0.300. The molecule has 312 valence electrons. The van der Waals surface area contributed by atoms with Crippen LogP contribution in [0.25, 0.3) is 0 Å². The average Bonchev–Trinajstić information content (AvgIpc) is 3.51. The number of hydrogen-bond donors (Lipinski definition) is 4. The minimum Gasteiger partial charge on any atom is -0.379 e. The monoisotopic (exact) mass is 825 g/mol. The van der Waals surface area contributed by atoms with Gasteiger partial charge in [0.1, 0.15) is 0 Å². The fraction of sp³-hybridized carbons (Fsp3) is 0.436. The highest BCUT2D eigenvalue weighted by Gasteiger charge is 2.32. The van der Waals surface area contributed by atoms with E-state index in [1.54, 1.807) is 23.1 Å². The summed E-state index contributed by atoms with van der Waals surface area (Å²) < 4.78 is 55.2. The van der Waals surface area contributed by atoms with Crippen LogP contribution in [-0.4, -0.2) is 138 Å². The van der Waals surface area contributed by atoms with Crippen LogP contribution in [0, 0.1) is 11.8 Å². The summed E-state index contributed by atoms with van der Waals surface area (Å²) in [4.78, 5) is 75.8. The summed E-state index contributed by atoms with van der Waals surface area (Å²) in [6.07, 6.45) is 2.00. The first-order valence-electron chi connectivity index (χ1n) is 18.5. The molecule has 0 saturated heterocycles. The number of benzene rings is 2. The normalized spacial score (nSPS) is 13.7. The molecular formula is C39H47N5O13S. The summed E-state index contributed by atoms with van der Waals surface area (Å²) in [5.41, 5.74) is 2.88. The number of para-hydroxylation sites is 1. The molecule has 19 heteroatoms. The smallest absolute Gasteiger partial charge is 0.278 e. The molecule has 0 bridgehead atoms. The zero-order chi connectivity index (χ0) is 41.8. The first-order chi connectivity index (χ1) is 27.9. The highest BCUT2D eigenvalue weighted by atomic mass is 32.2. The van der Waals surface area contributed by atoms with E-state index in [2.05, 4.69) is 27.8 Å². The van der Waals surface area contributed by atoms with E-state index in [-0.39, 0.29) is 90.3 Å². The lowest BCUT2D eigenvalue weighted by atomic mass is 10.0. The number of fused-ring (bicyclic) bond motifs is 2. The second kappa shape index (κ2) is 23.7. The summed E-state index contributed by atoms with van der Waals surface area (Å²) in [5.74, 6) is 3.04. The fourth-order valence-corrected chi connectivity index (χ4v) is 6.17. The van der Waals surface area contributed by atoms with Crippen LogP contribution in [0.2, 0.25) is 0 Å². The molecule has 0 fully saturated rings. The Balaban J connectivity index is 1.01. The average molecular weight is 826 g/mol. The molecule has 2 heterocycles. The summed E-state index contributed by atoms with van der Waals surface area (Å²) in [6.45, 7) is 1.40. The van der Waals surface area contributed by atoms with Crippen molar-refractivity contribution in [2.45, 2.75) is 31.1 Å². The van der Waals surface area contributed by atoms with Crippen molar-refractivity contribution in [2.75, 3.05) is 83.9 Å². The maximum absolute atomic E-state index is 13.4. The molecule has 1 unspecified atom stereocenters. The molecule has 2 aliphatic heterocycles. The van der Waals surface area contributed by atoms with Gasteiger partial charge >= 0.3 is 0 Å². The summed E-state index contributed by atoms with van der Waals surface area (Å²) >= 11 is 0. The zero-order valence-corrected chi connectivity index (χ0v) is 32.6. The number of nitrogens with one attached hydrogen (secondary N) is 3. The predicted molar refractivity (Wildman–Crippen MR) is 207 cm³/mol. The van der Waals surface area contributed by atoms with Crippen LogP contribution >= 0.6 is 0 Å². The molecule has 0 aromatic heterocycles. The van der Waals surface area contributed by atoms with Crippen LogP contribution in [0.3, 0.4) is 0 Å². The molecule has 4 N–H and O–H groups in total. The lowest BCUT2D eigenvalue weighted by molar-refractivity contribution is -0.137. The van der Waals surface area contributed by atoms with Crippen LogP contribution < -0.4 is 20.9 Å². The summed E-state index contributed by atoms with van der Waals surface area (Å²) in [6, 6.07) is 14.6. The molecule has 6 amide bonds. The van der Waals surface area contributed by atoms with Crippen molar-refractivity contribution in [2.24, 2.45) is 0 Å². The van der Waals surface area contributed by atoms with Crippen LogP contribution in [-0.2, 0) is 64.4 Å². The third-order valence-corrected chi connectivity index (χ3v) is 9.67. The standard InChI is InChI=1S/C39H47N5O13S/c45-34(14-18-43-36(47)11-12-37(43)48)40-17-20-55-22-24-57-26-25-56-23-21-54-19-15-35(46)42-27-33(58(51,52)53)39(50)41-16-13-38(49)44-28-31-7-2-1-5-29(31)9-10-30-6-3-4-8-32(30)44/h1-8,11-12,33H,13-28H2,(H,40,45)(H,41,50)(H,42,46)(H,51,52,53).